The Labute approximate surface area is 123 Å². The van der Waals surface area contributed by atoms with Gasteiger partial charge in [0.05, 0.1) is 5.75 Å². The van der Waals surface area contributed by atoms with Gasteiger partial charge >= 0.3 is 0 Å². The Morgan fingerprint density at radius 2 is 1.60 bits per heavy atom. The number of nitrogens with one attached hydrogen (secondary N) is 2. The highest BCUT2D eigenvalue weighted by Gasteiger charge is 2.16. The van der Waals surface area contributed by atoms with Gasteiger partial charge in [-0.15, -0.1) is 0 Å². The Kier molecular flexibility index (Phi) is 6.65. The summed E-state index contributed by atoms with van der Waals surface area (Å²) in [5, 5.41) is 3.07. The van der Waals surface area contributed by atoms with Crippen LogP contribution in [0.4, 0.5) is 0 Å². The van der Waals surface area contributed by atoms with Gasteiger partial charge in [0.1, 0.15) is 0 Å². The molecule has 0 radical (unpaired) electrons. The van der Waals surface area contributed by atoms with Crippen LogP contribution in [0, 0.1) is 5.92 Å². The molecule has 0 aliphatic carbocycles. The summed E-state index contributed by atoms with van der Waals surface area (Å²) in [5.74, 6) is 0.517. The molecule has 0 aliphatic heterocycles. The zero-order valence-corrected chi connectivity index (χ0v) is 13.6. The Balaban J connectivity index is 2.61. The lowest BCUT2D eigenvalue weighted by atomic mass is 10.1. The third-order valence-corrected chi connectivity index (χ3v) is 4.44. The molecule has 2 N–H and O–H groups in total. The maximum absolute atomic E-state index is 12.1. The van der Waals surface area contributed by atoms with E-state index in [1.807, 2.05) is 38.2 Å². The SMILES string of the molecule is CNCc1ccc(CS(=O)(=O)NC(C)CC(C)C)cc1. The van der Waals surface area contributed by atoms with Crippen LogP contribution < -0.4 is 10.0 Å². The first kappa shape index (κ1) is 17.1. The smallest absolute Gasteiger partial charge is 0.216 e. The van der Waals surface area contributed by atoms with Gasteiger partial charge < -0.3 is 5.32 Å². The molecule has 0 aromatic heterocycles. The Bertz CT molecular complexity index is 495. The predicted molar refractivity (Wildman–Crippen MR) is 83.9 cm³/mol. The quantitative estimate of drug-likeness (QED) is 0.774. The zero-order valence-electron chi connectivity index (χ0n) is 12.8. The lowest BCUT2D eigenvalue weighted by Gasteiger charge is -2.16. The van der Waals surface area contributed by atoms with Gasteiger partial charge in [-0.1, -0.05) is 38.1 Å². The van der Waals surface area contributed by atoms with Gasteiger partial charge in [-0.3, -0.25) is 0 Å². The van der Waals surface area contributed by atoms with Crippen molar-refractivity contribution in [3.05, 3.63) is 35.4 Å². The highest BCUT2D eigenvalue weighted by molar-refractivity contribution is 7.88. The topological polar surface area (TPSA) is 58.2 Å². The van der Waals surface area contributed by atoms with Crippen molar-refractivity contribution >= 4 is 10.0 Å². The van der Waals surface area contributed by atoms with Gasteiger partial charge in [-0.25, -0.2) is 13.1 Å². The summed E-state index contributed by atoms with van der Waals surface area (Å²) >= 11 is 0. The molecule has 20 heavy (non-hydrogen) atoms. The van der Waals surface area contributed by atoms with E-state index in [2.05, 4.69) is 23.9 Å². The monoisotopic (exact) mass is 298 g/mol. The van der Waals surface area contributed by atoms with Crippen LogP contribution in [0.15, 0.2) is 24.3 Å². The first-order valence-electron chi connectivity index (χ1n) is 7.05. The molecule has 0 aliphatic rings. The van der Waals surface area contributed by atoms with E-state index < -0.39 is 10.0 Å². The highest BCUT2D eigenvalue weighted by atomic mass is 32.2. The second-order valence-corrected chi connectivity index (χ2v) is 7.51. The molecule has 1 rings (SSSR count). The first-order chi connectivity index (χ1) is 9.32. The van der Waals surface area contributed by atoms with E-state index in [1.165, 1.54) is 0 Å². The van der Waals surface area contributed by atoms with Crippen molar-refractivity contribution in [3.8, 4) is 0 Å². The van der Waals surface area contributed by atoms with Crippen LogP contribution in [0.1, 0.15) is 38.3 Å². The van der Waals surface area contributed by atoms with E-state index in [9.17, 15) is 8.42 Å². The minimum Gasteiger partial charge on any atom is -0.316 e. The molecule has 0 bridgehead atoms. The molecular weight excluding hydrogens is 272 g/mol. The summed E-state index contributed by atoms with van der Waals surface area (Å²) in [5.41, 5.74) is 1.96. The Hall–Kier alpha value is -0.910. The van der Waals surface area contributed by atoms with Crippen LogP contribution in [0.3, 0.4) is 0 Å². The highest BCUT2D eigenvalue weighted by Crippen LogP contribution is 2.10. The summed E-state index contributed by atoms with van der Waals surface area (Å²) in [6.07, 6.45) is 0.848. The molecule has 0 heterocycles. The van der Waals surface area contributed by atoms with Gasteiger partial charge in [0.25, 0.3) is 0 Å². The molecule has 1 aromatic rings. The molecule has 0 amide bonds. The Morgan fingerprint density at radius 3 is 2.10 bits per heavy atom. The third kappa shape index (κ3) is 6.50. The average Bonchev–Trinajstić information content (AvgIpc) is 2.29. The van der Waals surface area contributed by atoms with Crippen molar-refractivity contribution in [2.45, 2.75) is 45.5 Å². The number of sulfonamides is 1. The van der Waals surface area contributed by atoms with Crippen molar-refractivity contribution < 1.29 is 8.42 Å². The van der Waals surface area contributed by atoms with Crippen molar-refractivity contribution in [2.75, 3.05) is 7.05 Å². The lowest BCUT2D eigenvalue weighted by molar-refractivity contribution is 0.482. The van der Waals surface area contributed by atoms with E-state index >= 15 is 0 Å². The second kappa shape index (κ2) is 7.76. The number of benzene rings is 1. The predicted octanol–water partition coefficient (Wildman–Crippen LogP) is 2.26. The van der Waals surface area contributed by atoms with E-state index in [4.69, 9.17) is 0 Å². The fourth-order valence-electron chi connectivity index (χ4n) is 2.28. The second-order valence-electron chi connectivity index (χ2n) is 5.75. The van der Waals surface area contributed by atoms with Crippen molar-refractivity contribution in [3.63, 3.8) is 0 Å². The Morgan fingerprint density at radius 1 is 1.05 bits per heavy atom. The molecule has 0 saturated heterocycles. The van der Waals surface area contributed by atoms with Gasteiger partial charge in [0, 0.05) is 12.6 Å². The van der Waals surface area contributed by atoms with E-state index in [0.717, 1.165) is 24.1 Å². The minimum absolute atomic E-state index is 0.0245. The van der Waals surface area contributed by atoms with Crippen LogP contribution in [-0.4, -0.2) is 21.5 Å². The van der Waals surface area contributed by atoms with Gasteiger partial charge in [-0.05, 0) is 37.4 Å². The van der Waals surface area contributed by atoms with E-state index in [1.54, 1.807) is 0 Å². The first-order valence-corrected chi connectivity index (χ1v) is 8.70. The molecule has 1 atom stereocenters. The molecular formula is C15H26N2O2S. The van der Waals surface area contributed by atoms with Crippen molar-refractivity contribution in [2.24, 2.45) is 5.92 Å². The summed E-state index contributed by atoms with van der Waals surface area (Å²) in [4.78, 5) is 0. The molecule has 4 nitrogen and oxygen atoms in total. The number of hydrogen-bond donors (Lipinski definition) is 2. The van der Waals surface area contributed by atoms with Crippen LogP contribution >= 0.6 is 0 Å². The molecule has 114 valence electrons. The fraction of sp³-hybridized carbons (Fsp3) is 0.600. The number of rotatable bonds is 8. The van der Waals surface area contributed by atoms with Crippen molar-refractivity contribution in [1.29, 1.82) is 0 Å². The third-order valence-electron chi connectivity index (χ3n) is 2.97. The van der Waals surface area contributed by atoms with Gasteiger partial charge in [0.2, 0.25) is 10.0 Å². The summed E-state index contributed by atoms with van der Waals surface area (Å²) in [7, 11) is -1.38. The number of hydrogen-bond acceptors (Lipinski definition) is 3. The maximum Gasteiger partial charge on any atom is 0.216 e. The van der Waals surface area contributed by atoms with Crippen LogP contribution in [0.5, 0.6) is 0 Å². The van der Waals surface area contributed by atoms with Crippen LogP contribution in [0.2, 0.25) is 0 Å². The molecule has 0 spiro atoms. The lowest BCUT2D eigenvalue weighted by Crippen LogP contribution is -2.34. The van der Waals surface area contributed by atoms with E-state index in [-0.39, 0.29) is 11.8 Å². The largest absolute Gasteiger partial charge is 0.316 e. The molecule has 5 heteroatoms. The maximum atomic E-state index is 12.1. The summed E-state index contributed by atoms with van der Waals surface area (Å²) in [6.45, 7) is 6.88. The molecule has 0 fully saturated rings. The van der Waals surface area contributed by atoms with Crippen molar-refractivity contribution in [1.82, 2.24) is 10.0 Å². The molecule has 1 aromatic carbocycles. The average molecular weight is 298 g/mol. The van der Waals surface area contributed by atoms with Gasteiger partial charge in [0.15, 0.2) is 0 Å². The summed E-state index contributed by atoms with van der Waals surface area (Å²) in [6, 6.07) is 7.64. The van der Waals surface area contributed by atoms with Crippen LogP contribution in [-0.2, 0) is 22.3 Å². The normalized spacial score (nSPS) is 13.7. The standard InChI is InChI=1S/C15H26N2O2S/c1-12(2)9-13(3)17-20(18,19)11-15-7-5-14(6-8-15)10-16-4/h5-8,12-13,16-17H,9-11H2,1-4H3. The molecule has 1 unspecified atom stereocenters. The van der Waals surface area contributed by atoms with E-state index in [0.29, 0.717) is 5.92 Å². The zero-order chi connectivity index (χ0) is 15.2. The van der Waals surface area contributed by atoms with Gasteiger partial charge in [-0.2, -0.15) is 0 Å². The minimum atomic E-state index is -3.27. The van der Waals surface area contributed by atoms with Crippen LogP contribution in [0.25, 0.3) is 0 Å². The summed E-state index contributed by atoms with van der Waals surface area (Å²) < 4.78 is 26.9. The fourth-order valence-corrected chi connectivity index (χ4v) is 3.70. The molecule has 0 saturated carbocycles.